The van der Waals surface area contributed by atoms with Gasteiger partial charge in [-0.3, -0.25) is 4.79 Å². The van der Waals surface area contributed by atoms with Crippen molar-refractivity contribution in [3.63, 3.8) is 0 Å². The number of pyridine rings is 1. The normalized spacial score (nSPS) is 14.1. The Bertz CT molecular complexity index is 530. The van der Waals surface area contributed by atoms with E-state index < -0.39 is 24.6 Å². The van der Waals surface area contributed by atoms with Crippen molar-refractivity contribution >= 4 is 18.0 Å². The van der Waals surface area contributed by atoms with E-state index in [0.717, 1.165) is 4.90 Å². The van der Waals surface area contributed by atoms with Crippen molar-refractivity contribution in [3.8, 4) is 5.75 Å². The van der Waals surface area contributed by atoms with Crippen LogP contribution in [0.4, 0.5) is 4.79 Å². The number of rotatable bonds is 4. The second-order valence-corrected chi connectivity index (χ2v) is 3.60. The Morgan fingerprint density at radius 2 is 2.32 bits per heavy atom. The van der Waals surface area contributed by atoms with Gasteiger partial charge in [-0.15, -0.1) is 0 Å². The van der Waals surface area contributed by atoms with E-state index in [0.29, 0.717) is 0 Å². The van der Waals surface area contributed by atoms with Gasteiger partial charge >= 0.3 is 12.1 Å². The third kappa shape index (κ3) is 2.79. The summed E-state index contributed by atoms with van der Waals surface area (Å²) in [5.41, 5.74) is -0.292. The first-order valence-corrected chi connectivity index (χ1v) is 5.38. The van der Waals surface area contributed by atoms with Crippen LogP contribution in [0.1, 0.15) is 10.5 Å². The molecule has 2 rings (SSSR count). The zero-order valence-corrected chi connectivity index (χ0v) is 9.74. The standard InChI is InChI=1S/C11H10N2O6/c14-8(13-4-5-18-11(13)17)6-19-7-2-1-3-12-9(7)10(15)16/h1-3H,4-6H2,(H,15,16). The molecule has 0 saturated carbocycles. The van der Waals surface area contributed by atoms with Crippen LogP contribution in [0.15, 0.2) is 18.3 Å². The monoisotopic (exact) mass is 266 g/mol. The summed E-state index contributed by atoms with van der Waals surface area (Å²) in [6.45, 7) is -0.140. The lowest BCUT2D eigenvalue weighted by Crippen LogP contribution is -2.35. The predicted octanol–water partition coefficient (Wildman–Crippen LogP) is 0.137. The highest BCUT2D eigenvalue weighted by atomic mass is 16.6. The summed E-state index contributed by atoms with van der Waals surface area (Å²) in [5, 5.41) is 8.87. The van der Waals surface area contributed by atoms with E-state index in [1.165, 1.54) is 18.3 Å². The highest BCUT2D eigenvalue weighted by Gasteiger charge is 2.28. The lowest BCUT2D eigenvalue weighted by atomic mass is 10.3. The molecule has 1 aromatic heterocycles. The maximum atomic E-state index is 11.6. The van der Waals surface area contributed by atoms with Gasteiger partial charge in [0.25, 0.3) is 5.91 Å². The first-order chi connectivity index (χ1) is 9.09. The van der Waals surface area contributed by atoms with Gasteiger partial charge in [0.15, 0.2) is 18.1 Å². The summed E-state index contributed by atoms with van der Waals surface area (Å²) in [5.74, 6) is -1.89. The molecule has 2 amide bonds. The van der Waals surface area contributed by atoms with E-state index in [1.54, 1.807) is 0 Å². The first-order valence-electron chi connectivity index (χ1n) is 5.38. The van der Waals surface area contributed by atoms with Crippen molar-refractivity contribution < 1.29 is 29.0 Å². The molecule has 2 heterocycles. The number of carbonyl (C=O) groups excluding carboxylic acids is 2. The first kappa shape index (κ1) is 12.8. The summed E-state index contributed by atoms with van der Waals surface area (Å²) in [6.07, 6.45) is 0.578. The Hall–Kier alpha value is -2.64. The summed E-state index contributed by atoms with van der Waals surface area (Å²) < 4.78 is 9.68. The van der Waals surface area contributed by atoms with Crippen molar-refractivity contribution in [2.24, 2.45) is 0 Å². The molecule has 0 aliphatic carbocycles. The van der Waals surface area contributed by atoms with Crippen LogP contribution in [0.5, 0.6) is 5.75 Å². The second-order valence-electron chi connectivity index (χ2n) is 3.60. The molecule has 0 atom stereocenters. The summed E-state index contributed by atoms with van der Waals surface area (Å²) in [6, 6.07) is 2.86. The van der Waals surface area contributed by atoms with Crippen LogP contribution in [0.3, 0.4) is 0 Å². The van der Waals surface area contributed by atoms with Crippen LogP contribution in [0.25, 0.3) is 0 Å². The Morgan fingerprint density at radius 3 is 2.95 bits per heavy atom. The van der Waals surface area contributed by atoms with Gasteiger partial charge in [0.1, 0.15) is 6.61 Å². The molecule has 8 heteroatoms. The number of hydrogen-bond acceptors (Lipinski definition) is 6. The van der Waals surface area contributed by atoms with Crippen LogP contribution in [0, 0.1) is 0 Å². The van der Waals surface area contributed by atoms with Gasteiger partial charge in [0.2, 0.25) is 0 Å². The molecule has 1 aromatic rings. The van der Waals surface area contributed by atoms with E-state index >= 15 is 0 Å². The van der Waals surface area contributed by atoms with Gasteiger partial charge in [-0.05, 0) is 12.1 Å². The number of carboxylic acid groups (broad SMARTS) is 1. The van der Waals surface area contributed by atoms with Crippen molar-refractivity contribution in [2.75, 3.05) is 19.8 Å². The van der Waals surface area contributed by atoms with E-state index in [9.17, 15) is 14.4 Å². The molecule has 0 unspecified atom stereocenters. The maximum absolute atomic E-state index is 11.6. The Morgan fingerprint density at radius 1 is 1.53 bits per heavy atom. The molecule has 0 aromatic carbocycles. The SMILES string of the molecule is O=C(O)c1ncccc1OCC(=O)N1CCOC1=O. The molecule has 19 heavy (non-hydrogen) atoms. The highest BCUT2D eigenvalue weighted by Crippen LogP contribution is 2.15. The molecule has 0 radical (unpaired) electrons. The number of amides is 2. The Kier molecular flexibility index (Phi) is 3.60. The number of hydrogen-bond donors (Lipinski definition) is 1. The highest BCUT2D eigenvalue weighted by molar-refractivity contribution is 5.94. The summed E-state index contributed by atoms with van der Waals surface area (Å²) >= 11 is 0. The number of ether oxygens (including phenoxy) is 2. The number of imide groups is 1. The topological polar surface area (TPSA) is 106 Å². The minimum atomic E-state index is -1.26. The minimum absolute atomic E-state index is 0.0316. The van der Waals surface area contributed by atoms with Crippen LogP contribution in [0.2, 0.25) is 0 Å². The van der Waals surface area contributed by atoms with Crippen LogP contribution >= 0.6 is 0 Å². The number of nitrogens with zero attached hydrogens (tertiary/aromatic N) is 2. The van der Waals surface area contributed by atoms with Gasteiger partial charge in [0, 0.05) is 6.20 Å². The Labute approximate surface area is 107 Å². The van der Waals surface area contributed by atoms with Crippen molar-refractivity contribution in [3.05, 3.63) is 24.0 Å². The number of aromatic carboxylic acids is 1. The van der Waals surface area contributed by atoms with Crippen LogP contribution < -0.4 is 4.74 Å². The van der Waals surface area contributed by atoms with Gasteiger partial charge < -0.3 is 14.6 Å². The number of carboxylic acids is 1. The van der Waals surface area contributed by atoms with E-state index in [4.69, 9.17) is 9.84 Å². The van der Waals surface area contributed by atoms with Gasteiger partial charge in [-0.25, -0.2) is 19.5 Å². The molecule has 1 N–H and O–H groups in total. The summed E-state index contributed by atoms with van der Waals surface area (Å²) in [7, 11) is 0. The summed E-state index contributed by atoms with van der Waals surface area (Å²) in [4.78, 5) is 38.2. The molecule has 8 nitrogen and oxygen atoms in total. The number of cyclic esters (lactones) is 1. The van der Waals surface area contributed by atoms with Gasteiger partial charge in [-0.1, -0.05) is 0 Å². The second kappa shape index (κ2) is 5.34. The zero-order valence-electron chi connectivity index (χ0n) is 9.74. The third-order valence-electron chi connectivity index (χ3n) is 2.39. The van der Waals surface area contributed by atoms with E-state index in [1.807, 2.05) is 0 Å². The fourth-order valence-corrected chi connectivity index (χ4v) is 1.51. The van der Waals surface area contributed by atoms with Crippen LogP contribution in [-0.4, -0.2) is 52.7 Å². The van der Waals surface area contributed by atoms with E-state index in [2.05, 4.69) is 9.72 Å². The average Bonchev–Trinajstić information content (AvgIpc) is 2.82. The molecule has 0 bridgehead atoms. The quantitative estimate of drug-likeness (QED) is 0.825. The van der Waals surface area contributed by atoms with Crippen molar-refractivity contribution in [2.45, 2.75) is 0 Å². The molecule has 0 spiro atoms. The van der Waals surface area contributed by atoms with Gasteiger partial charge in [0.05, 0.1) is 6.54 Å². The molecule has 1 aliphatic rings. The third-order valence-corrected chi connectivity index (χ3v) is 2.39. The van der Waals surface area contributed by atoms with Crippen molar-refractivity contribution in [1.29, 1.82) is 0 Å². The predicted molar refractivity (Wildman–Crippen MR) is 59.8 cm³/mol. The largest absolute Gasteiger partial charge is 0.481 e. The number of carbonyl (C=O) groups is 3. The fraction of sp³-hybridized carbons (Fsp3) is 0.273. The van der Waals surface area contributed by atoms with Gasteiger partial charge in [-0.2, -0.15) is 0 Å². The Balaban J connectivity index is 2.01. The maximum Gasteiger partial charge on any atom is 0.416 e. The molecular weight excluding hydrogens is 256 g/mol. The molecule has 1 fully saturated rings. The van der Waals surface area contributed by atoms with Crippen molar-refractivity contribution in [1.82, 2.24) is 9.88 Å². The number of aromatic nitrogens is 1. The lowest BCUT2D eigenvalue weighted by molar-refractivity contribution is -0.129. The zero-order chi connectivity index (χ0) is 13.8. The molecule has 1 aliphatic heterocycles. The lowest BCUT2D eigenvalue weighted by Gasteiger charge is -2.12. The minimum Gasteiger partial charge on any atom is -0.481 e. The molecule has 1 saturated heterocycles. The van der Waals surface area contributed by atoms with Crippen LogP contribution in [-0.2, 0) is 9.53 Å². The average molecular weight is 266 g/mol. The molecular formula is C11H10N2O6. The fourth-order valence-electron chi connectivity index (χ4n) is 1.51. The smallest absolute Gasteiger partial charge is 0.416 e. The molecule has 100 valence electrons. The van der Waals surface area contributed by atoms with E-state index in [-0.39, 0.29) is 24.6 Å².